The number of rotatable bonds is 6. The SMILES string of the molecule is CC(C)CCOc1cccc(CN2C[C@@H]3CC(=O)NCCN(C)C(=O)c4cccn(c4=O)Cc4cn(nn4)[C@@H]3C2)c1. The van der Waals surface area contributed by atoms with Crippen molar-refractivity contribution in [1.82, 2.24) is 34.7 Å². The van der Waals surface area contributed by atoms with E-state index in [1.54, 1.807) is 19.3 Å². The Morgan fingerprint density at radius 1 is 1.12 bits per heavy atom. The Hall–Kier alpha value is -3.99. The normalized spacial score (nSPS) is 20.2. The molecule has 4 heterocycles. The number of likely N-dealkylation sites (N-methyl/N-ethyl adjacent to an activating group) is 1. The van der Waals surface area contributed by atoms with Gasteiger partial charge in [-0.2, -0.15) is 0 Å². The molecule has 41 heavy (non-hydrogen) atoms. The zero-order valence-corrected chi connectivity index (χ0v) is 24.0. The maximum Gasteiger partial charge on any atom is 0.263 e. The van der Waals surface area contributed by atoms with Gasteiger partial charge in [-0.25, -0.2) is 4.68 Å². The van der Waals surface area contributed by atoms with Gasteiger partial charge in [0, 0.05) is 58.3 Å². The first-order chi connectivity index (χ1) is 19.8. The number of nitrogens with zero attached hydrogens (tertiary/aromatic N) is 6. The molecule has 2 atom stereocenters. The molecule has 1 aromatic carbocycles. The maximum atomic E-state index is 13.1. The Morgan fingerprint density at radius 3 is 2.80 bits per heavy atom. The lowest BCUT2D eigenvalue weighted by Crippen LogP contribution is -2.39. The van der Waals surface area contributed by atoms with Crippen LogP contribution in [0.3, 0.4) is 0 Å². The highest BCUT2D eigenvalue weighted by Crippen LogP contribution is 2.31. The van der Waals surface area contributed by atoms with E-state index in [0.29, 0.717) is 44.3 Å². The molecule has 0 spiro atoms. The Morgan fingerprint density at radius 2 is 1.98 bits per heavy atom. The predicted molar refractivity (Wildman–Crippen MR) is 154 cm³/mol. The van der Waals surface area contributed by atoms with E-state index in [4.69, 9.17) is 4.74 Å². The molecule has 11 nitrogen and oxygen atoms in total. The lowest BCUT2D eigenvalue weighted by molar-refractivity contribution is -0.122. The second-order valence-corrected chi connectivity index (χ2v) is 11.5. The van der Waals surface area contributed by atoms with Crippen LogP contribution in [-0.2, 0) is 17.9 Å². The number of hydrogen-bond donors (Lipinski definition) is 1. The van der Waals surface area contributed by atoms with Crippen LogP contribution in [0, 0.1) is 11.8 Å². The quantitative estimate of drug-likeness (QED) is 0.491. The number of carbonyl (C=O) groups is 2. The Labute approximate surface area is 240 Å². The monoisotopic (exact) mass is 561 g/mol. The van der Waals surface area contributed by atoms with Crippen LogP contribution in [-0.4, -0.2) is 81.0 Å². The van der Waals surface area contributed by atoms with Crippen molar-refractivity contribution in [1.29, 1.82) is 0 Å². The summed E-state index contributed by atoms with van der Waals surface area (Å²) < 4.78 is 9.28. The standard InChI is InChI=1S/C30H39N7O4/c1-21(2)9-13-41-25-7-4-6-22(14-25)16-35-17-23-15-28(38)31-10-12-34(3)29(39)26-8-5-11-36(30(26)40)18-24-19-37(33-32-24)27(23)20-35/h4-8,11,14,19,21,23,27H,9-10,12-13,15-18,20H2,1-3H3,(H,31,38)/t23-,27+/m0/s1. The molecule has 2 aromatic heterocycles. The van der Waals surface area contributed by atoms with E-state index in [9.17, 15) is 14.4 Å². The molecule has 0 aliphatic carbocycles. The number of hydrogen-bond acceptors (Lipinski definition) is 7. The van der Waals surface area contributed by atoms with Crippen molar-refractivity contribution in [3.63, 3.8) is 0 Å². The van der Waals surface area contributed by atoms with Gasteiger partial charge in [0.2, 0.25) is 5.91 Å². The number of amides is 2. The lowest BCUT2D eigenvalue weighted by Gasteiger charge is -2.20. The van der Waals surface area contributed by atoms with Crippen molar-refractivity contribution in [2.24, 2.45) is 11.8 Å². The maximum absolute atomic E-state index is 13.1. The number of fused-ring (bicyclic) bond motifs is 6. The summed E-state index contributed by atoms with van der Waals surface area (Å²) in [5, 5.41) is 11.7. The number of likely N-dealkylation sites (tertiary alicyclic amines) is 1. The van der Waals surface area contributed by atoms with Gasteiger partial charge in [0.1, 0.15) is 17.0 Å². The van der Waals surface area contributed by atoms with Crippen molar-refractivity contribution in [3.05, 3.63) is 76.0 Å². The van der Waals surface area contributed by atoms with Gasteiger partial charge in [0.05, 0.1) is 25.4 Å². The van der Waals surface area contributed by atoms with E-state index >= 15 is 0 Å². The molecule has 2 aliphatic rings. The van der Waals surface area contributed by atoms with E-state index in [-0.39, 0.29) is 41.4 Å². The van der Waals surface area contributed by atoms with Gasteiger partial charge >= 0.3 is 0 Å². The molecule has 0 unspecified atom stereocenters. The third-order valence-electron chi connectivity index (χ3n) is 7.79. The van der Waals surface area contributed by atoms with E-state index < -0.39 is 0 Å². The fraction of sp³-hybridized carbons (Fsp3) is 0.500. The van der Waals surface area contributed by atoms with Gasteiger partial charge < -0.3 is 19.5 Å². The van der Waals surface area contributed by atoms with Crippen molar-refractivity contribution in [3.8, 4) is 5.75 Å². The van der Waals surface area contributed by atoms with Crippen LogP contribution in [0.25, 0.3) is 0 Å². The number of aromatic nitrogens is 4. The second kappa shape index (κ2) is 12.7. The third kappa shape index (κ3) is 7.02. The van der Waals surface area contributed by atoms with E-state index in [1.165, 1.54) is 15.5 Å². The van der Waals surface area contributed by atoms with Crippen LogP contribution in [0.15, 0.2) is 53.6 Å². The number of carbonyl (C=O) groups excluding carboxylic acids is 2. The largest absolute Gasteiger partial charge is 0.494 e. The van der Waals surface area contributed by atoms with Crippen LogP contribution in [0.2, 0.25) is 0 Å². The van der Waals surface area contributed by atoms with Gasteiger partial charge in [-0.1, -0.05) is 31.2 Å². The molecular weight excluding hydrogens is 522 g/mol. The van der Waals surface area contributed by atoms with Gasteiger partial charge in [0.15, 0.2) is 0 Å². The van der Waals surface area contributed by atoms with Crippen LogP contribution < -0.4 is 15.6 Å². The molecule has 1 saturated heterocycles. The molecule has 3 aromatic rings. The Kier molecular flexibility index (Phi) is 8.82. The smallest absolute Gasteiger partial charge is 0.263 e. The zero-order valence-electron chi connectivity index (χ0n) is 24.0. The molecule has 0 saturated carbocycles. The average molecular weight is 562 g/mol. The highest BCUT2D eigenvalue weighted by molar-refractivity contribution is 5.93. The summed E-state index contributed by atoms with van der Waals surface area (Å²) in [6, 6.07) is 11.4. The van der Waals surface area contributed by atoms with E-state index in [2.05, 4.69) is 46.5 Å². The molecule has 1 N–H and O–H groups in total. The summed E-state index contributed by atoms with van der Waals surface area (Å²) in [6.07, 6.45) is 4.85. The molecule has 4 bridgehead atoms. The minimum atomic E-state index is -0.379. The van der Waals surface area contributed by atoms with Gasteiger partial charge in [-0.15, -0.1) is 5.10 Å². The minimum absolute atomic E-state index is 0.0216. The fourth-order valence-corrected chi connectivity index (χ4v) is 5.50. The number of nitrogens with one attached hydrogen (secondary N) is 1. The number of ether oxygens (including phenoxy) is 1. The first kappa shape index (κ1) is 28.5. The highest BCUT2D eigenvalue weighted by atomic mass is 16.5. The predicted octanol–water partition coefficient (Wildman–Crippen LogP) is 2.18. The van der Waals surface area contributed by atoms with Crippen LogP contribution >= 0.6 is 0 Å². The van der Waals surface area contributed by atoms with Gasteiger partial charge in [0.25, 0.3) is 11.5 Å². The number of pyridine rings is 1. The first-order valence-electron chi connectivity index (χ1n) is 14.3. The lowest BCUT2D eigenvalue weighted by atomic mass is 9.99. The molecule has 2 aliphatic heterocycles. The topological polar surface area (TPSA) is 115 Å². The van der Waals surface area contributed by atoms with Crippen molar-refractivity contribution in [2.75, 3.05) is 39.8 Å². The number of benzene rings is 1. The molecule has 1 fully saturated rings. The van der Waals surface area contributed by atoms with Gasteiger partial charge in [-0.05, 0) is 42.2 Å². The molecular formula is C30H39N7O4. The molecule has 218 valence electrons. The molecule has 11 heteroatoms. The van der Waals surface area contributed by atoms with Crippen LogP contribution in [0.5, 0.6) is 5.75 Å². The Bertz CT molecular complexity index is 1430. The highest BCUT2D eigenvalue weighted by Gasteiger charge is 2.36. The van der Waals surface area contributed by atoms with Crippen molar-refractivity contribution in [2.45, 2.75) is 45.8 Å². The van der Waals surface area contributed by atoms with Crippen molar-refractivity contribution >= 4 is 11.8 Å². The summed E-state index contributed by atoms with van der Waals surface area (Å²) in [4.78, 5) is 42.8. The van der Waals surface area contributed by atoms with Crippen LogP contribution in [0.1, 0.15) is 54.3 Å². The fourth-order valence-electron chi connectivity index (χ4n) is 5.50. The Balaban J connectivity index is 1.35. The minimum Gasteiger partial charge on any atom is -0.494 e. The second-order valence-electron chi connectivity index (χ2n) is 11.5. The molecule has 2 amide bonds. The first-order valence-corrected chi connectivity index (χ1v) is 14.3. The zero-order chi connectivity index (χ0) is 28.9. The molecule has 5 rings (SSSR count). The third-order valence-corrected chi connectivity index (χ3v) is 7.79. The van der Waals surface area contributed by atoms with Crippen LogP contribution in [0.4, 0.5) is 0 Å². The van der Waals surface area contributed by atoms with Gasteiger partial charge in [-0.3, -0.25) is 19.3 Å². The summed E-state index contributed by atoms with van der Waals surface area (Å²) in [6.45, 7) is 8.05. The van der Waals surface area contributed by atoms with Crippen molar-refractivity contribution < 1.29 is 14.3 Å². The summed E-state index contributed by atoms with van der Waals surface area (Å²) >= 11 is 0. The summed E-state index contributed by atoms with van der Waals surface area (Å²) in [5.41, 5.74) is 1.47. The summed E-state index contributed by atoms with van der Waals surface area (Å²) in [7, 11) is 1.63. The molecule has 0 radical (unpaired) electrons. The summed E-state index contributed by atoms with van der Waals surface area (Å²) in [5.74, 6) is 1.03. The van der Waals surface area contributed by atoms with E-state index in [1.807, 2.05) is 23.0 Å². The average Bonchev–Trinajstić information content (AvgIpc) is 3.55. The van der Waals surface area contributed by atoms with E-state index in [0.717, 1.165) is 30.8 Å².